The van der Waals surface area contributed by atoms with Crippen molar-refractivity contribution in [1.29, 1.82) is 5.26 Å². The molecular weight excluding hydrogens is 277 g/mol. The van der Waals surface area contributed by atoms with E-state index in [0.29, 0.717) is 19.1 Å². The Morgan fingerprint density at radius 3 is 3.05 bits per heavy atom. The Morgan fingerprint density at radius 2 is 2.32 bits per heavy atom. The lowest BCUT2D eigenvalue weighted by molar-refractivity contribution is -0.129. The molecule has 1 aromatic rings. The smallest absolute Gasteiger partial charge is 0.293 e. The highest BCUT2D eigenvalue weighted by molar-refractivity contribution is 6.67. The van der Waals surface area contributed by atoms with Gasteiger partial charge in [-0.1, -0.05) is 0 Å². The van der Waals surface area contributed by atoms with Crippen LogP contribution in [0.15, 0.2) is 12.1 Å². The molecule has 2 aliphatic heterocycles. The summed E-state index contributed by atoms with van der Waals surface area (Å²) in [5.74, 6) is 2.42. The summed E-state index contributed by atoms with van der Waals surface area (Å²) in [6.45, 7) is 4.89. The number of nitrogens with zero attached hydrogens (tertiary/aromatic N) is 3. The number of hydrogen-bond acceptors (Lipinski definition) is 5. The van der Waals surface area contributed by atoms with Gasteiger partial charge in [-0.15, -0.1) is 0 Å². The fourth-order valence-corrected chi connectivity index (χ4v) is 3.61. The summed E-state index contributed by atoms with van der Waals surface area (Å²) in [5, 5.41) is 9.19. The largest absolute Gasteiger partial charge is 0.463 e. The number of carbonyl (C=O) groups is 1. The molecule has 0 aromatic heterocycles. The first kappa shape index (κ1) is 14.8. The van der Waals surface area contributed by atoms with Crippen LogP contribution in [-0.2, 0) is 16.1 Å². The minimum Gasteiger partial charge on any atom is -0.463 e. The second kappa shape index (κ2) is 5.92. The molecule has 1 fully saturated rings. The fourth-order valence-electron chi connectivity index (χ4n) is 3.61. The average molecular weight is 297 g/mol. The molecule has 0 bridgehead atoms. The summed E-state index contributed by atoms with van der Waals surface area (Å²) in [6.07, 6.45) is 1.85. The number of anilines is 2. The fraction of sp³-hybridized carbons (Fsp3) is 0.500. The van der Waals surface area contributed by atoms with Crippen LogP contribution in [0.25, 0.3) is 0 Å². The number of hydrogen-bond donors (Lipinski definition) is 0. The number of rotatable bonds is 3. The van der Waals surface area contributed by atoms with Crippen molar-refractivity contribution in [3.63, 3.8) is 0 Å². The third kappa shape index (κ3) is 2.52. The van der Waals surface area contributed by atoms with Crippen LogP contribution >= 0.6 is 0 Å². The Balaban J connectivity index is 1.95. The minimum absolute atomic E-state index is 0.166. The molecule has 0 aliphatic carbocycles. The highest BCUT2D eigenvalue weighted by atomic mass is 16.5. The van der Waals surface area contributed by atoms with Crippen LogP contribution in [0.4, 0.5) is 11.4 Å². The molecule has 1 aromatic carbocycles. The molecule has 3 rings (SSSR count). The molecule has 1 unspecified atom stereocenters. The Labute approximate surface area is 131 Å². The molecule has 114 valence electrons. The lowest BCUT2D eigenvalue weighted by Crippen LogP contribution is -2.53. The molecule has 0 N–H and O–H groups in total. The van der Waals surface area contributed by atoms with E-state index in [0.717, 1.165) is 36.9 Å². The van der Waals surface area contributed by atoms with Crippen molar-refractivity contribution in [2.45, 2.75) is 32.2 Å². The molecule has 2 heterocycles. The van der Waals surface area contributed by atoms with Gasteiger partial charge in [-0.3, -0.25) is 4.79 Å². The molecule has 1 atom stereocenters. The number of fused-ring (bicyclic) bond motifs is 3. The molecule has 5 nitrogen and oxygen atoms in total. The number of ether oxygens (including phenoxy) is 1. The third-order valence-corrected chi connectivity index (χ3v) is 4.84. The van der Waals surface area contributed by atoms with Gasteiger partial charge in [0.05, 0.1) is 11.4 Å². The zero-order valence-corrected chi connectivity index (χ0v) is 13.1. The highest BCUT2D eigenvalue weighted by Crippen LogP contribution is 2.40. The third-order valence-electron chi connectivity index (χ3n) is 4.84. The van der Waals surface area contributed by atoms with Gasteiger partial charge >= 0.3 is 0 Å². The van der Waals surface area contributed by atoms with E-state index in [1.54, 1.807) is 0 Å². The van der Waals surface area contributed by atoms with Gasteiger partial charge in [0.1, 0.15) is 6.61 Å². The number of nitriles is 1. The minimum atomic E-state index is 0.166. The van der Waals surface area contributed by atoms with Crippen molar-refractivity contribution in [1.82, 2.24) is 0 Å². The van der Waals surface area contributed by atoms with Crippen molar-refractivity contribution in [2.75, 3.05) is 29.9 Å². The first-order valence-electron chi connectivity index (χ1n) is 7.70. The van der Waals surface area contributed by atoms with Crippen LogP contribution in [0, 0.1) is 18.2 Å². The van der Waals surface area contributed by atoms with E-state index in [1.807, 2.05) is 6.92 Å². The Hall–Kier alpha value is -2.16. The molecular formula is C16H20BN3O2. The van der Waals surface area contributed by atoms with Crippen molar-refractivity contribution in [3.8, 4) is 5.97 Å². The van der Waals surface area contributed by atoms with E-state index in [4.69, 9.17) is 4.74 Å². The maximum Gasteiger partial charge on any atom is 0.293 e. The van der Waals surface area contributed by atoms with E-state index in [1.165, 1.54) is 11.4 Å². The van der Waals surface area contributed by atoms with Crippen molar-refractivity contribution in [3.05, 3.63) is 23.3 Å². The second-order valence-corrected chi connectivity index (χ2v) is 6.25. The summed E-state index contributed by atoms with van der Waals surface area (Å²) < 4.78 is 4.93. The maximum absolute atomic E-state index is 10.5. The van der Waals surface area contributed by atoms with Gasteiger partial charge in [-0.2, -0.15) is 0 Å². The monoisotopic (exact) mass is 297 g/mol. The zero-order valence-electron chi connectivity index (χ0n) is 13.1. The van der Waals surface area contributed by atoms with E-state index in [-0.39, 0.29) is 6.71 Å². The molecule has 0 amide bonds. The van der Waals surface area contributed by atoms with Gasteiger partial charge in [0.2, 0.25) is 0 Å². The Kier molecular flexibility index (Phi) is 3.97. The van der Waals surface area contributed by atoms with E-state index >= 15 is 0 Å². The molecule has 1 saturated heterocycles. The lowest BCUT2D eigenvalue weighted by Gasteiger charge is -2.46. The number of benzene rings is 1. The van der Waals surface area contributed by atoms with Crippen LogP contribution in [0.1, 0.15) is 11.1 Å². The number of aryl methyl sites for hydroxylation is 1. The molecule has 2 aliphatic rings. The van der Waals surface area contributed by atoms with E-state index in [2.05, 4.69) is 34.9 Å². The van der Waals surface area contributed by atoms with E-state index < -0.39 is 0 Å². The molecule has 6 heteroatoms. The van der Waals surface area contributed by atoms with Crippen molar-refractivity contribution in [2.24, 2.45) is 0 Å². The van der Waals surface area contributed by atoms with Gasteiger partial charge in [-0.05, 0) is 42.8 Å². The number of carbonyl (C=O) groups excluding carboxylic acids is 1. The van der Waals surface area contributed by atoms with Gasteiger partial charge < -0.3 is 14.5 Å². The SMILES string of the molecule is Cc1cc2c(cc1COC=O)N1CCB(C#N)CC1CN2C. The number of likely N-dealkylation sites (N-methyl/N-ethyl adjacent to an activating group) is 1. The Morgan fingerprint density at radius 1 is 1.50 bits per heavy atom. The molecule has 0 saturated carbocycles. The predicted octanol–water partition coefficient (Wildman–Crippen LogP) is 1.86. The van der Waals surface area contributed by atoms with Crippen LogP contribution in [-0.4, -0.2) is 39.4 Å². The Bertz CT molecular complexity index is 629. The van der Waals surface area contributed by atoms with Crippen LogP contribution in [0.3, 0.4) is 0 Å². The van der Waals surface area contributed by atoms with Gasteiger partial charge in [0.25, 0.3) is 13.2 Å². The lowest BCUT2D eigenvalue weighted by atomic mass is 9.43. The average Bonchev–Trinajstić information content (AvgIpc) is 2.53. The van der Waals surface area contributed by atoms with Gasteiger partial charge in [-0.25, -0.2) is 5.26 Å². The zero-order chi connectivity index (χ0) is 15.7. The standard InChI is InChI=1S/C16H20BN3O2/c1-12-5-15-16(6-13(12)9-22-11-21)20-4-3-17(10-18)7-14(20)8-19(15)2/h5-6,11,14H,3-4,7-9H2,1-2H3. The van der Waals surface area contributed by atoms with Gasteiger partial charge in [0.15, 0.2) is 0 Å². The molecule has 0 spiro atoms. The summed E-state index contributed by atoms with van der Waals surface area (Å²) in [6, 6.07) is 4.70. The summed E-state index contributed by atoms with van der Waals surface area (Å²) in [7, 11) is 2.10. The van der Waals surface area contributed by atoms with Crippen LogP contribution in [0.2, 0.25) is 12.6 Å². The molecule has 0 radical (unpaired) electrons. The van der Waals surface area contributed by atoms with Gasteiger partial charge in [0, 0.05) is 32.1 Å². The molecule has 22 heavy (non-hydrogen) atoms. The maximum atomic E-state index is 10.5. The van der Waals surface area contributed by atoms with Crippen LogP contribution in [0.5, 0.6) is 0 Å². The quantitative estimate of drug-likeness (QED) is 0.629. The predicted molar refractivity (Wildman–Crippen MR) is 87.4 cm³/mol. The summed E-state index contributed by atoms with van der Waals surface area (Å²) >= 11 is 0. The summed E-state index contributed by atoms with van der Waals surface area (Å²) in [5.41, 5.74) is 4.60. The van der Waals surface area contributed by atoms with Crippen molar-refractivity contribution < 1.29 is 9.53 Å². The normalized spacial score (nSPS) is 20.0. The topological polar surface area (TPSA) is 56.6 Å². The first-order chi connectivity index (χ1) is 10.6. The highest BCUT2D eigenvalue weighted by Gasteiger charge is 2.36. The van der Waals surface area contributed by atoms with E-state index in [9.17, 15) is 10.1 Å². The van der Waals surface area contributed by atoms with Crippen molar-refractivity contribution >= 4 is 24.6 Å². The second-order valence-electron chi connectivity index (χ2n) is 6.25. The summed E-state index contributed by atoms with van der Waals surface area (Å²) in [4.78, 5) is 15.2. The first-order valence-corrected chi connectivity index (χ1v) is 7.70. The van der Waals surface area contributed by atoms with Crippen LogP contribution < -0.4 is 9.80 Å².